The average molecular weight is 564 g/mol. The summed E-state index contributed by atoms with van der Waals surface area (Å²) in [6, 6.07) is 0. The maximum Gasteiger partial charge on any atom is 0.472 e. The van der Waals surface area contributed by atoms with Gasteiger partial charge >= 0.3 is 13.8 Å². The molecular formula is C29H58NO7P. The van der Waals surface area contributed by atoms with Crippen LogP contribution in [0.1, 0.15) is 135 Å². The Hall–Kier alpha value is -0.760. The average Bonchev–Trinajstić information content (AvgIpc) is 2.90. The summed E-state index contributed by atoms with van der Waals surface area (Å²) in [5.74, 6) is -0.385. The van der Waals surface area contributed by atoms with Crippen molar-refractivity contribution in [3.05, 3.63) is 12.2 Å². The first-order chi connectivity index (χ1) is 18.4. The molecule has 0 aromatic rings. The summed E-state index contributed by atoms with van der Waals surface area (Å²) in [4.78, 5) is 21.1. The molecule has 226 valence electrons. The highest BCUT2D eigenvalue weighted by atomic mass is 31.2. The van der Waals surface area contributed by atoms with Gasteiger partial charge in [0.05, 0.1) is 13.2 Å². The third kappa shape index (κ3) is 28.3. The van der Waals surface area contributed by atoms with Crippen molar-refractivity contribution in [1.82, 2.24) is 0 Å². The van der Waals surface area contributed by atoms with Gasteiger partial charge in [0, 0.05) is 13.0 Å². The highest BCUT2D eigenvalue weighted by Gasteiger charge is 2.22. The van der Waals surface area contributed by atoms with Crippen molar-refractivity contribution >= 4 is 13.8 Å². The van der Waals surface area contributed by atoms with Gasteiger partial charge in [0.25, 0.3) is 0 Å². The number of carbonyl (C=O) groups excluding carboxylic acids is 1. The Kier molecular flexibility index (Phi) is 27.2. The van der Waals surface area contributed by atoms with E-state index in [4.69, 9.17) is 10.5 Å². The van der Waals surface area contributed by atoms with Gasteiger partial charge in [-0.3, -0.25) is 13.8 Å². The predicted molar refractivity (Wildman–Crippen MR) is 155 cm³/mol. The SMILES string of the molecule is CCCCCCCCC=CCCCCCCCCCCCCCC(=O)OCC(O)COP(=O)(O)OCCN. The van der Waals surface area contributed by atoms with Gasteiger partial charge in [-0.1, -0.05) is 109 Å². The Morgan fingerprint density at radius 3 is 1.74 bits per heavy atom. The molecule has 2 unspecified atom stereocenters. The molecular weight excluding hydrogens is 505 g/mol. The zero-order chi connectivity index (χ0) is 28.2. The molecule has 4 N–H and O–H groups in total. The summed E-state index contributed by atoms with van der Waals surface area (Å²) in [5, 5.41) is 9.72. The third-order valence-electron chi connectivity index (χ3n) is 6.38. The second kappa shape index (κ2) is 27.8. The number of carbonyl (C=O) groups is 1. The number of ether oxygens (including phenoxy) is 1. The van der Waals surface area contributed by atoms with Crippen LogP contribution in [0.5, 0.6) is 0 Å². The van der Waals surface area contributed by atoms with E-state index in [2.05, 4.69) is 28.1 Å². The molecule has 2 atom stereocenters. The van der Waals surface area contributed by atoms with Gasteiger partial charge < -0.3 is 20.5 Å². The van der Waals surface area contributed by atoms with Crippen molar-refractivity contribution in [2.75, 3.05) is 26.4 Å². The summed E-state index contributed by atoms with van der Waals surface area (Å²) < 4.78 is 25.6. The number of unbranched alkanes of at least 4 members (excludes halogenated alkanes) is 17. The van der Waals surface area contributed by atoms with Gasteiger partial charge in [-0.05, 0) is 32.1 Å². The summed E-state index contributed by atoms with van der Waals surface area (Å²) in [5.41, 5.74) is 5.18. The molecule has 0 aliphatic rings. The van der Waals surface area contributed by atoms with Crippen molar-refractivity contribution in [2.24, 2.45) is 5.73 Å². The molecule has 0 aromatic carbocycles. The van der Waals surface area contributed by atoms with Crippen LogP contribution in [-0.2, 0) is 23.1 Å². The van der Waals surface area contributed by atoms with Crippen LogP contribution in [0, 0.1) is 0 Å². The maximum atomic E-state index is 11.8. The highest BCUT2D eigenvalue weighted by molar-refractivity contribution is 7.47. The molecule has 0 rings (SSSR count). The number of rotatable bonds is 29. The monoisotopic (exact) mass is 563 g/mol. The maximum absolute atomic E-state index is 11.8. The van der Waals surface area contributed by atoms with E-state index in [1.54, 1.807) is 0 Å². The van der Waals surface area contributed by atoms with E-state index in [0.717, 1.165) is 19.3 Å². The standard InChI is InChI=1S/C29H58NO7P/c1-2-3-4-5-6-7-8-9-10-11-12-13-14-15-16-17-18-19-20-21-22-23-29(32)35-26-28(31)27-37-38(33,34)36-25-24-30/h9-10,28,31H,2-8,11-27,30H2,1H3,(H,33,34). The molecule has 0 spiro atoms. The number of aliphatic hydroxyl groups excluding tert-OH is 1. The van der Waals surface area contributed by atoms with E-state index in [9.17, 15) is 19.4 Å². The minimum Gasteiger partial charge on any atom is -0.463 e. The lowest BCUT2D eigenvalue weighted by atomic mass is 10.0. The van der Waals surface area contributed by atoms with E-state index in [-0.39, 0.29) is 25.7 Å². The zero-order valence-corrected chi connectivity index (χ0v) is 25.1. The predicted octanol–water partition coefficient (Wildman–Crippen LogP) is 7.36. The number of hydrogen-bond donors (Lipinski definition) is 3. The van der Waals surface area contributed by atoms with Gasteiger partial charge in [-0.25, -0.2) is 4.57 Å². The molecule has 0 radical (unpaired) electrons. The minimum absolute atomic E-state index is 0.0753. The van der Waals surface area contributed by atoms with Gasteiger partial charge in [-0.2, -0.15) is 0 Å². The van der Waals surface area contributed by atoms with Crippen LogP contribution >= 0.6 is 7.82 Å². The Bertz CT molecular complexity index is 603. The van der Waals surface area contributed by atoms with Crippen LogP contribution < -0.4 is 5.73 Å². The van der Waals surface area contributed by atoms with Gasteiger partial charge in [0.15, 0.2) is 0 Å². The summed E-state index contributed by atoms with van der Waals surface area (Å²) >= 11 is 0. The van der Waals surface area contributed by atoms with Gasteiger partial charge in [-0.15, -0.1) is 0 Å². The number of allylic oxidation sites excluding steroid dienone is 2. The molecule has 8 nitrogen and oxygen atoms in total. The molecule has 0 heterocycles. The Morgan fingerprint density at radius 2 is 1.24 bits per heavy atom. The van der Waals surface area contributed by atoms with Crippen LogP contribution in [0.15, 0.2) is 12.2 Å². The molecule has 0 aliphatic carbocycles. The highest BCUT2D eigenvalue weighted by Crippen LogP contribution is 2.42. The summed E-state index contributed by atoms with van der Waals surface area (Å²) in [6.07, 6.45) is 27.8. The van der Waals surface area contributed by atoms with Crippen molar-refractivity contribution in [1.29, 1.82) is 0 Å². The number of esters is 1. The number of phosphoric ester groups is 1. The van der Waals surface area contributed by atoms with E-state index in [1.165, 1.54) is 103 Å². The number of phosphoric acid groups is 1. The number of aliphatic hydroxyl groups is 1. The topological polar surface area (TPSA) is 128 Å². The van der Waals surface area contributed by atoms with E-state index >= 15 is 0 Å². The first kappa shape index (κ1) is 37.2. The fourth-order valence-electron chi connectivity index (χ4n) is 4.10. The van der Waals surface area contributed by atoms with Crippen molar-refractivity contribution in [3.63, 3.8) is 0 Å². The normalized spacial score (nSPS) is 14.1. The van der Waals surface area contributed by atoms with Crippen LogP contribution in [-0.4, -0.2) is 48.4 Å². The van der Waals surface area contributed by atoms with E-state index in [0.29, 0.717) is 6.42 Å². The minimum atomic E-state index is -4.24. The molecule has 0 saturated carbocycles. The van der Waals surface area contributed by atoms with Crippen LogP contribution in [0.25, 0.3) is 0 Å². The Morgan fingerprint density at radius 1 is 0.763 bits per heavy atom. The quantitative estimate of drug-likeness (QED) is 0.0373. The Labute approximate surface area is 232 Å². The van der Waals surface area contributed by atoms with Crippen molar-refractivity contribution in [2.45, 2.75) is 141 Å². The molecule has 0 fully saturated rings. The van der Waals surface area contributed by atoms with E-state index < -0.39 is 20.5 Å². The smallest absolute Gasteiger partial charge is 0.463 e. The molecule has 0 saturated heterocycles. The van der Waals surface area contributed by atoms with Crippen molar-refractivity contribution in [3.8, 4) is 0 Å². The van der Waals surface area contributed by atoms with Gasteiger partial charge in [0.1, 0.15) is 12.7 Å². The lowest BCUT2D eigenvalue weighted by Crippen LogP contribution is -2.23. The number of hydrogen-bond acceptors (Lipinski definition) is 7. The molecule has 0 bridgehead atoms. The largest absolute Gasteiger partial charge is 0.472 e. The van der Waals surface area contributed by atoms with Crippen LogP contribution in [0.3, 0.4) is 0 Å². The second-order valence-corrected chi connectivity index (χ2v) is 11.6. The van der Waals surface area contributed by atoms with E-state index in [1.807, 2.05) is 0 Å². The van der Waals surface area contributed by atoms with Crippen molar-refractivity contribution < 1.29 is 33.1 Å². The first-order valence-electron chi connectivity index (χ1n) is 15.2. The first-order valence-corrected chi connectivity index (χ1v) is 16.7. The Balaban J connectivity index is 3.37. The number of nitrogens with two attached hydrogens (primary N) is 1. The fraction of sp³-hybridized carbons (Fsp3) is 0.897. The molecule has 0 aliphatic heterocycles. The lowest BCUT2D eigenvalue weighted by molar-refractivity contribution is -0.147. The molecule has 0 amide bonds. The molecule has 0 aromatic heterocycles. The molecule has 38 heavy (non-hydrogen) atoms. The lowest BCUT2D eigenvalue weighted by Gasteiger charge is -2.15. The van der Waals surface area contributed by atoms with Gasteiger partial charge in [0.2, 0.25) is 0 Å². The summed E-state index contributed by atoms with van der Waals surface area (Å²) in [7, 11) is -4.24. The third-order valence-corrected chi connectivity index (χ3v) is 7.37. The fourth-order valence-corrected chi connectivity index (χ4v) is 4.87. The molecule has 9 heteroatoms. The zero-order valence-electron chi connectivity index (χ0n) is 24.2. The van der Waals surface area contributed by atoms with Crippen LogP contribution in [0.4, 0.5) is 0 Å². The summed E-state index contributed by atoms with van der Waals surface area (Å²) in [6.45, 7) is 1.46. The second-order valence-electron chi connectivity index (χ2n) is 10.2. The van der Waals surface area contributed by atoms with Crippen LogP contribution in [0.2, 0.25) is 0 Å².